The summed E-state index contributed by atoms with van der Waals surface area (Å²) in [5, 5.41) is 5.45. The molecule has 108 valence electrons. The van der Waals surface area contributed by atoms with Crippen LogP contribution in [-0.2, 0) is 5.41 Å². The van der Waals surface area contributed by atoms with Gasteiger partial charge in [0.15, 0.2) is 0 Å². The Morgan fingerprint density at radius 2 is 2.15 bits per heavy atom. The molecule has 1 fully saturated rings. The van der Waals surface area contributed by atoms with E-state index in [1.54, 1.807) is 7.05 Å². The molecule has 3 rings (SSSR count). The lowest BCUT2D eigenvalue weighted by molar-refractivity contribution is 0.254. The van der Waals surface area contributed by atoms with Gasteiger partial charge in [0.25, 0.3) is 0 Å². The number of benzene rings is 1. The van der Waals surface area contributed by atoms with Gasteiger partial charge in [-0.15, -0.1) is 0 Å². The van der Waals surface area contributed by atoms with Gasteiger partial charge in [-0.05, 0) is 37.2 Å². The van der Waals surface area contributed by atoms with Crippen molar-refractivity contribution in [1.29, 1.82) is 0 Å². The molecule has 0 saturated carbocycles. The molecule has 1 saturated heterocycles. The van der Waals surface area contributed by atoms with Crippen molar-refractivity contribution in [3.05, 3.63) is 23.8 Å². The third-order valence-electron chi connectivity index (χ3n) is 4.81. The van der Waals surface area contributed by atoms with Crippen LogP contribution in [0, 0.1) is 0 Å². The summed E-state index contributed by atoms with van der Waals surface area (Å²) in [5.41, 5.74) is 3.60. The molecule has 5 heteroatoms. The third-order valence-corrected chi connectivity index (χ3v) is 4.81. The smallest absolute Gasteiger partial charge is 0.318 e. The van der Waals surface area contributed by atoms with E-state index in [4.69, 9.17) is 0 Å². The molecule has 0 bridgehead atoms. The molecule has 2 amide bonds. The van der Waals surface area contributed by atoms with Gasteiger partial charge in [-0.25, -0.2) is 4.79 Å². The predicted molar refractivity (Wildman–Crippen MR) is 81.3 cm³/mol. The topological polar surface area (TPSA) is 47.6 Å². The van der Waals surface area contributed by atoms with Crippen LogP contribution in [0.15, 0.2) is 18.2 Å². The van der Waals surface area contributed by atoms with Gasteiger partial charge in [-0.1, -0.05) is 6.92 Å². The first-order valence-corrected chi connectivity index (χ1v) is 7.04. The molecule has 2 aliphatic rings. The van der Waals surface area contributed by atoms with Crippen LogP contribution >= 0.6 is 0 Å². The minimum absolute atomic E-state index is 0.138. The van der Waals surface area contributed by atoms with Gasteiger partial charge in [-0.2, -0.15) is 0 Å². The summed E-state index contributed by atoms with van der Waals surface area (Å²) >= 11 is 0. The minimum Gasteiger partial charge on any atom is -0.358 e. The maximum absolute atomic E-state index is 11.5. The minimum atomic E-state index is -0.179. The highest BCUT2D eigenvalue weighted by molar-refractivity contribution is 5.89. The van der Waals surface area contributed by atoms with E-state index in [0.29, 0.717) is 6.17 Å². The van der Waals surface area contributed by atoms with Crippen LogP contribution in [0.4, 0.5) is 16.2 Å². The highest BCUT2D eigenvalue weighted by Crippen LogP contribution is 2.51. The number of amides is 2. The molecule has 0 radical (unpaired) electrons. The standard InChI is InChI=1S/C15H22N4O/c1-15-7-8-18(3)13(15)19(4)12-6-5-10(9-11(12)15)17-14(20)16-2/h5-6,9,13H,7-8H2,1-4H3,(H2,16,17,20). The highest BCUT2D eigenvalue weighted by Gasteiger charge is 2.52. The summed E-state index contributed by atoms with van der Waals surface area (Å²) in [6.07, 6.45) is 1.56. The van der Waals surface area contributed by atoms with Crippen LogP contribution in [0.1, 0.15) is 18.9 Å². The molecule has 2 N–H and O–H groups in total. The molecule has 5 nitrogen and oxygen atoms in total. The number of anilines is 2. The van der Waals surface area contributed by atoms with Crippen LogP contribution in [0.5, 0.6) is 0 Å². The number of likely N-dealkylation sites (tertiary alicyclic amines) is 1. The number of likely N-dealkylation sites (N-methyl/N-ethyl adjacent to an activating group) is 2. The average molecular weight is 274 g/mol. The average Bonchev–Trinajstić information content (AvgIpc) is 2.85. The number of nitrogens with one attached hydrogen (secondary N) is 2. The number of fused-ring (bicyclic) bond motifs is 3. The van der Waals surface area contributed by atoms with E-state index >= 15 is 0 Å². The molecule has 0 aliphatic carbocycles. The molecule has 2 heterocycles. The summed E-state index contributed by atoms with van der Waals surface area (Å²) < 4.78 is 0. The largest absolute Gasteiger partial charge is 0.358 e. The first kappa shape index (κ1) is 13.2. The van der Waals surface area contributed by atoms with Crippen molar-refractivity contribution < 1.29 is 4.79 Å². The van der Waals surface area contributed by atoms with E-state index < -0.39 is 0 Å². The lowest BCUT2D eigenvalue weighted by Crippen LogP contribution is -2.45. The third kappa shape index (κ3) is 1.69. The molecule has 1 aromatic rings. The van der Waals surface area contributed by atoms with Crippen molar-refractivity contribution in [3.63, 3.8) is 0 Å². The molecule has 2 atom stereocenters. The number of urea groups is 1. The lowest BCUT2D eigenvalue weighted by Gasteiger charge is -2.32. The van der Waals surface area contributed by atoms with Crippen LogP contribution in [-0.4, -0.2) is 44.8 Å². The normalized spacial score (nSPS) is 28.2. The fourth-order valence-electron chi connectivity index (χ4n) is 3.85. The Morgan fingerprint density at radius 1 is 1.40 bits per heavy atom. The molecule has 2 aliphatic heterocycles. The summed E-state index contributed by atoms with van der Waals surface area (Å²) in [5.74, 6) is 0. The van der Waals surface area contributed by atoms with Crippen LogP contribution < -0.4 is 15.5 Å². The Bertz CT molecular complexity index is 559. The van der Waals surface area contributed by atoms with Crippen molar-refractivity contribution in [2.75, 3.05) is 37.9 Å². The SMILES string of the molecule is CNC(=O)Nc1ccc2c(c1)C1(C)CCN(C)C1N2C. The molecule has 0 aromatic heterocycles. The van der Waals surface area contributed by atoms with E-state index in [1.807, 2.05) is 6.07 Å². The number of hydrogen-bond acceptors (Lipinski definition) is 3. The number of rotatable bonds is 1. The fourth-order valence-corrected chi connectivity index (χ4v) is 3.85. The molecule has 20 heavy (non-hydrogen) atoms. The monoisotopic (exact) mass is 274 g/mol. The van der Waals surface area contributed by atoms with Crippen molar-refractivity contribution in [2.24, 2.45) is 0 Å². The summed E-state index contributed by atoms with van der Waals surface area (Å²) in [6.45, 7) is 3.44. The Kier molecular flexibility index (Phi) is 2.90. The van der Waals surface area contributed by atoms with E-state index in [2.05, 4.69) is 53.6 Å². The second kappa shape index (κ2) is 4.38. The van der Waals surface area contributed by atoms with Crippen LogP contribution in [0.3, 0.4) is 0 Å². The van der Waals surface area contributed by atoms with E-state index in [1.165, 1.54) is 11.3 Å². The zero-order valence-electron chi connectivity index (χ0n) is 12.5. The highest BCUT2D eigenvalue weighted by atomic mass is 16.2. The summed E-state index contributed by atoms with van der Waals surface area (Å²) in [4.78, 5) is 16.2. The fraction of sp³-hybridized carbons (Fsp3) is 0.533. The molecular weight excluding hydrogens is 252 g/mol. The Hall–Kier alpha value is -1.75. The van der Waals surface area contributed by atoms with Crippen LogP contribution in [0.25, 0.3) is 0 Å². The van der Waals surface area contributed by atoms with Crippen LogP contribution in [0.2, 0.25) is 0 Å². The van der Waals surface area contributed by atoms with Gasteiger partial charge in [0.1, 0.15) is 0 Å². The van der Waals surface area contributed by atoms with Crippen molar-refractivity contribution in [3.8, 4) is 0 Å². The first-order valence-electron chi connectivity index (χ1n) is 7.04. The van der Waals surface area contributed by atoms with Gasteiger partial charge in [0.2, 0.25) is 0 Å². The van der Waals surface area contributed by atoms with Gasteiger partial charge in [0.05, 0.1) is 6.17 Å². The molecular formula is C15H22N4O. The molecule has 0 spiro atoms. The number of carbonyl (C=O) groups is 1. The molecule has 1 aromatic carbocycles. The zero-order chi connectivity index (χ0) is 14.5. The maximum Gasteiger partial charge on any atom is 0.318 e. The second-order valence-corrected chi connectivity index (χ2v) is 6.07. The van der Waals surface area contributed by atoms with E-state index in [9.17, 15) is 4.79 Å². The zero-order valence-corrected chi connectivity index (χ0v) is 12.5. The van der Waals surface area contributed by atoms with E-state index in [0.717, 1.165) is 18.7 Å². The maximum atomic E-state index is 11.5. The van der Waals surface area contributed by atoms with Gasteiger partial charge in [0, 0.05) is 37.4 Å². The summed E-state index contributed by atoms with van der Waals surface area (Å²) in [7, 11) is 5.96. The predicted octanol–water partition coefficient (Wildman–Crippen LogP) is 1.81. The lowest BCUT2D eigenvalue weighted by atomic mass is 9.81. The van der Waals surface area contributed by atoms with E-state index in [-0.39, 0.29) is 11.4 Å². The van der Waals surface area contributed by atoms with Gasteiger partial charge in [-0.3, -0.25) is 4.90 Å². The van der Waals surface area contributed by atoms with Crippen molar-refractivity contribution >= 4 is 17.4 Å². The second-order valence-electron chi connectivity index (χ2n) is 6.07. The Morgan fingerprint density at radius 3 is 2.85 bits per heavy atom. The van der Waals surface area contributed by atoms with Crippen molar-refractivity contribution in [1.82, 2.24) is 10.2 Å². The Labute approximate surface area is 119 Å². The quantitative estimate of drug-likeness (QED) is 0.821. The summed E-state index contributed by atoms with van der Waals surface area (Å²) in [6, 6.07) is 6.02. The van der Waals surface area contributed by atoms with Gasteiger partial charge < -0.3 is 15.5 Å². The molecule has 2 unspecified atom stereocenters. The van der Waals surface area contributed by atoms with Crippen molar-refractivity contribution in [2.45, 2.75) is 24.9 Å². The van der Waals surface area contributed by atoms with Gasteiger partial charge >= 0.3 is 6.03 Å². The first-order chi connectivity index (χ1) is 9.47. The number of carbonyl (C=O) groups excluding carboxylic acids is 1. The number of hydrogen-bond donors (Lipinski definition) is 2. The number of nitrogens with zero attached hydrogens (tertiary/aromatic N) is 2. The Balaban J connectivity index is 2.00.